The Bertz CT molecular complexity index is 1390. The first kappa shape index (κ1) is 30.2. The van der Waals surface area contributed by atoms with Gasteiger partial charge in [0.15, 0.2) is 16.5 Å². The fourth-order valence-corrected chi connectivity index (χ4v) is 5.81. The molecule has 1 saturated heterocycles. The van der Waals surface area contributed by atoms with Crippen molar-refractivity contribution in [1.82, 2.24) is 9.88 Å². The molecule has 1 atom stereocenters. The molecule has 0 amide bonds. The van der Waals surface area contributed by atoms with Crippen LogP contribution in [-0.2, 0) is 21.4 Å². The maximum absolute atomic E-state index is 15.1. The van der Waals surface area contributed by atoms with E-state index in [1.54, 1.807) is 7.05 Å². The van der Waals surface area contributed by atoms with Gasteiger partial charge in [-0.1, -0.05) is 30.3 Å². The number of carboxylic acids is 1. The summed E-state index contributed by atoms with van der Waals surface area (Å²) < 4.78 is 89.1. The van der Waals surface area contributed by atoms with Crippen LogP contribution in [0.3, 0.4) is 0 Å². The number of hydrogen-bond acceptors (Lipinski definition) is 7. The Morgan fingerprint density at radius 3 is 2.46 bits per heavy atom. The van der Waals surface area contributed by atoms with Crippen molar-refractivity contribution in [2.45, 2.75) is 37.0 Å². The van der Waals surface area contributed by atoms with E-state index < -0.39 is 38.7 Å². The van der Waals surface area contributed by atoms with Gasteiger partial charge in [-0.05, 0) is 25.0 Å². The van der Waals surface area contributed by atoms with E-state index in [-0.39, 0.29) is 17.4 Å². The van der Waals surface area contributed by atoms with Crippen LogP contribution in [0, 0.1) is 18.6 Å². The second-order valence-corrected chi connectivity index (χ2v) is 11.0. The number of likely N-dealkylation sites (N-methyl/N-ethyl adjacent to an activating group) is 1. The molecule has 15 heteroatoms. The van der Waals surface area contributed by atoms with Crippen LogP contribution in [0.2, 0.25) is 0 Å². The lowest BCUT2D eigenvalue weighted by Crippen LogP contribution is -2.35. The number of nitrogens with one attached hydrogen (secondary N) is 1. The van der Waals surface area contributed by atoms with Crippen LogP contribution in [0.4, 0.5) is 33.5 Å². The zero-order valence-corrected chi connectivity index (χ0v) is 22.4. The second-order valence-electron chi connectivity index (χ2n) is 8.70. The van der Waals surface area contributed by atoms with E-state index in [1.807, 2.05) is 23.1 Å². The highest BCUT2D eigenvalue weighted by atomic mass is 32.2. The van der Waals surface area contributed by atoms with Gasteiger partial charge in [-0.15, -0.1) is 11.3 Å². The summed E-state index contributed by atoms with van der Waals surface area (Å²) in [6.45, 7) is 3.91. The minimum Gasteiger partial charge on any atom is -0.475 e. The van der Waals surface area contributed by atoms with Gasteiger partial charge in [0.1, 0.15) is 5.82 Å². The van der Waals surface area contributed by atoms with Crippen LogP contribution in [0.15, 0.2) is 52.2 Å². The first-order valence-corrected chi connectivity index (χ1v) is 13.8. The highest BCUT2D eigenvalue weighted by Gasteiger charge is 2.38. The molecule has 2 aromatic carbocycles. The molecule has 0 aliphatic carbocycles. The summed E-state index contributed by atoms with van der Waals surface area (Å²) in [6.07, 6.45) is -4.24. The Morgan fingerprint density at radius 1 is 1.26 bits per heavy atom. The maximum atomic E-state index is 15.1. The SMILES string of the molecule is Cc1c(N(C)C2CCN(Cc3ccccc3)C2)cc(F)c(S(=O)(=O)Nc2cscn2)c1F.O=C(O)C(F)(F)F. The Labute approximate surface area is 225 Å². The Morgan fingerprint density at radius 2 is 1.90 bits per heavy atom. The van der Waals surface area contributed by atoms with Gasteiger partial charge in [0.25, 0.3) is 10.0 Å². The molecule has 0 spiro atoms. The zero-order chi connectivity index (χ0) is 29.0. The van der Waals surface area contributed by atoms with Crippen molar-refractivity contribution in [1.29, 1.82) is 0 Å². The van der Waals surface area contributed by atoms with E-state index in [0.717, 1.165) is 32.1 Å². The number of thiazole rings is 1. The number of carboxylic acid groups (broad SMARTS) is 1. The van der Waals surface area contributed by atoms with Crippen LogP contribution in [0.25, 0.3) is 0 Å². The van der Waals surface area contributed by atoms with Gasteiger partial charge in [-0.3, -0.25) is 9.62 Å². The molecule has 2 heterocycles. The standard InChI is InChI=1S/C22H24F2N4O2S2.C2HF3O2/c1-15-19(27(2)17-8-9-28(12-17)11-16-6-4-3-5-7-16)10-18(23)22(21(15)24)32(29,30)26-20-13-31-14-25-20;3-2(4,5)1(6)7/h3-7,10,13-14,17,26H,8-9,11-12H2,1-2H3;(H,6,7). The summed E-state index contributed by atoms with van der Waals surface area (Å²) in [7, 11) is -2.66. The third-order valence-electron chi connectivity index (χ3n) is 6.00. The summed E-state index contributed by atoms with van der Waals surface area (Å²) in [5.74, 6) is -4.95. The van der Waals surface area contributed by atoms with Crippen LogP contribution in [-0.4, -0.2) is 61.7 Å². The van der Waals surface area contributed by atoms with Crippen molar-refractivity contribution < 1.29 is 40.3 Å². The van der Waals surface area contributed by atoms with Crippen LogP contribution in [0.1, 0.15) is 17.5 Å². The number of aliphatic carboxylic acids is 1. The second kappa shape index (κ2) is 12.3. The molecule has 212 valence electrons. The summed E-state index contributed by atoms with van der Waals surface area (Å²) in [4.78, 5) is 15.9. The molecule has 1 unspecified atom stereocenters. The quantitative estimate of drug-likeness (QED) is 0.378. The van der Waals surface area contributed by atoms with E-state index in [9.17, 15) is 26.0 Å². The number of nitrogens with zero attached hydrogens (tertiary/aromatic N) is 3. The highest BCUT2D eigenvalue weighted by molar-refractivity contribution is 7.92. The number of sulfonamides is 1. The molecule has 0 saturated carbocycles. The van der Waals surface area contributed by atoms with Crippen molar-refractivity contribution in [3.05, 3.63) is 70.1 Å². The molecule has 0 bridgehead atoms. The fourth-order valence-electron chi connectivity index (χ4n) is 4.06. The number of hydrogen-bond donors (Lipinski definition) is 2. The van der Waals surface area contributed by atoms with Crippen molar-refractivity contribution >= 4 is 38.8 Å². The first-order valence-electron chi connectivity index (χ1n) is 11.4. The van der Waals surface area contributed by atoms with Gasteiger partial charge < -0.3 is 10.0 Å². The summed E-state index contributed by atoms with van der Waals surface area (Å²) in [5.41, 5.74) is 3.08. The Balaban J connectivity index is 0.000000532. The van der Waals surface area contributed by atoms with Crippen molar-refractivity contribution in [3.63, 3.8) is 0 Å². The minimum absolute atomic E-state index is 0.0251. The third-order valence-corrected chi connectivity index (χ3v) is 7.98. The van der Waals surface area contributed by atoms with Gasteiger partial charge in [0.2, 0.25) is 0 Å². The first-order chi connectivity index (χ1) is 18.2. The van der Waals surface area contributed by atoms with E-state index in [0.29, 0.717) is 5.69 Å². The van der Waals surface area contributed by atoms with Gasteiger partial charge >= 0.3 is 12.1 Å². The number of likely N-dealkylation sites (tertiary alicyclic amines) is 1. The highest BCUT2D eigenvalue weighted by Crippen LogP contribution is 2.33. The fraction of sp³-hybridized carbons (Fsp3) is 0.333. The van der Waals surface area contributed by atoms with E-state index in [1.165, 1.54) is 34.7 Å². The molecular formula is C24H25F5N4O4S2. The van der Waals surface area contributed by atoms with Crippen LogP contribution in [0.5, 0.6) is 0 Å². The Hall–Kier alpha value is -3.30. The summed E-state index contributed by atoms with van der Waals surface area (Å²) >= 11 is 1.17. The van der Waals surface area contributed by atoms with Crippen LogP contribution >= 0.6 is 11.3 Å². The van der Waals surface area contributed by atoms with Gasteiger partial charge in [-0.2, -0.15) is 13.2 Å². The Kier molecular flexibility index (Phi) is 9.51. The zero-order valence-electron chi connectivity index (χ0n) is 20.7. The normalized spacial score (nSPS) is 15.9. The van der Waals surface area contributed by atoms with Crippen molar-refractivity contribution in [2.24, 2.45) is 0 Å². The van der Waals surface area contributed by atoms with Crippen molar-refractivity contribution in [3.8, 4) is 0 Å². The molecule has 8 nitrogen and oxygen atoms in total. The predicted octanol–water partition coefficient (Wildman–Crippen LogP) is 4.87. The lowest BCUT2D eigenvalue weighted by Gasteiger charge is -2.29. The number of benzene rings is 2. The van der Waals surface area contributed by atoms with Gasteiger partial charge in [-0.25, -0.2) is 27.0 Å². The summed E-state index contributed by atoms with van der Waals surface area (Å²) in [6, 6.07) is 11.3. The number of halogens is 5. The predicted molar refractivity (Wildman–Crippen MR) is 136 cm³/mol. The number of anilines is 2. The molecule has 0 radical (unpaired) electrons. The van der Waals surface area contributed by atoms with E-state index in [2.05, 4.69) is 26.7 Å². The average molecular weight is 593 g/mol. The number of aromatic nitrogens is 1. The van der Waals surface area contributed by atoms with Crippen molar-refractivity contribution in [2.75, 3.05) is 29.8 Å². The largest absolute Gasteiger partial charge is 0.490 e. The lowest BCUT2D eigenvalue weighted by atomic mass is 10.1. The van der Waals surface area contributed by atoms with E-state index in [4.69, 9.17) is 9.90 Å². The molecule has 39 heavy (non-hydrogen) atoms. The molecule has 1 aliphatic rings. The lowest BCUT2D eigenvalue weighted by molar-refractivity contribution is -0.192. The maximum Gasteiger partial charge on any atom is 0.490 e. The molecule has 4 rings (SSSR count). The molecule has 2 N–H and O–H groups in total. The van der Waals surface area contributed by atoms with E-state index >= 15 is 4.39 Å². The number of carbonyl (C=O) groups is 1. The molecular weight excluding hydrogens is 567 g/mol. The molecule has 1 fully saturated rings. The monoisotopic (exact) mass is 592 g/mol. The average Bonchev–Trinajstić information content (AvgIpc) is 3.53. The number of alkyl halides is 3. The van der Waals surface area contributed by atoms with Gasteiger partial charge in [0.05, 0.1) is 5.51 Å². The van der Waals surface area contributed by atoms with Crippen LogP contribution < -0.4 is 9.62 Å². The number of rotatable bonds is 7. The molecule has 1 aliphatic heterocycles. The molecule has 1 aromatic heterocycles. The third kappa shape index (κ3) is 7.64. The summed E-state index contributed by atoms with van der Waals surface area (Å²) in [5, 5.41) is 8.57. The minimum atomic E-state index is -5.08. The smallest absolute Gasteiger partial charge is 0.475 e. The topological polar surface area (TPSA) is 103 Å². The molecule has 3 aromatic rings. The van der Waals surface area contributed by atoms with Gasteiger partial charge in [0, 0.05) is 49.4 Å².